The third-order valence-corrected chi connectivity index (χ3v) is 5.50. The quantitative estimate of drug-likeness (QED) is 0.308. The molecule has 4 aromatic rings. The van der Waals surface area contributed by atoms with E-state index in [1.807, 2.05) is 77.7 Å². The maximum atomic E-state index is 10.7. The first-order chi connectivity index (χ1) is 14.1. The molecule has 0 unspecified atom stereocenters. The van der Waals surface area contributed by atoms with Crippen LogP contribution >= 0.6 is 11.8 Å². The van der Waals surface area contributed by atoms with Crippen LogP contribution in [0.2, 0.25) is 0 Å². The summed E-state index contributed by atoms with van der Waals surface area (Å²) < 4.78 is 3.73. The van der Waals surface area contributed by atoms with Gasteiger partial charge in [-0.25, -0.2) is 4.98 Å². The molecule has 144 valence electrons. The molecule has 0 aliphatic rings. The summed E-state index contributed by atoms with van der Waals surface area (Å²) in [7, 11) is 1.83. The molecule has 2 aromatic carbocycles. The second-order valence-corrected chi connectivity index (χ2v) is 7.35. The van der Waals surface area contributed by atoms with Crippen LogP contribution in [0.1, 0.15) is 11.6 Å². The fraction of sp³-hybridized carbons (Fsp3) is 0.143. The Kier molecular flexibility index (Phi) is 5.06. The summed E-state index contributed by atoms with van der Waals surface area (Å²) in [5.74, 6) is 1.32. The van der Waals surface area contributed by atoms with Crippen molar-refractivity contribution in [2.45, 2.75) is 12.1 Å². The molecule has 0 bridgehead atoms. The standard InChI is InChI=1S/C21H18N6OS/c1-14-24-25-21(27(14)15-8-4-3-5-9-15)29-13-19(28)16(12-22)20-23-17-10-6-7-11-18(17)26(20)2/h3-11,28H,13H2,1-2H3/b19-16-. The van der Waals surface area contributed by atoms with Crippen molar-refractivity contribution < 1.29 is 5.11 Å². The maximum Gasteiger partial charge on any atom is 0.196 e. The van der Waals surface area contributed by atoms with E-state index in [1.165, 1.54) is 11.8 Å². The number of aromatic nitrogens is 5. The molecule has 4 rings (SSSR count). The molecule has 2 heterocycles. The zero-order chi connectivity index (χ0) is 20.4. The molecule has 7 nitrogen and oxygen atoms in total. The Bertz CT molecular complexity index is 1250. The van der Waals surface area contributed by atoms with E-state index in [4.69, 9.17) is 0 Å². The number of fused-ring (bicyclic) bond motifs is 1. The number of aryl methyl sites for hydroxylation is 2. The molecule has 0 amide bonds. The summed E-state index contributed by atoms with van der Waals surface area (Å²) in [6.07, 6.45) is 0. The molecular weight excluding hydrogens is 384 g/mol. The summed E-state index contributed by atoms with van der Waals surface area (Å²) >= 11 is 1.32. The highest BCUT2D eigenvalue weighted by Gasteiger charge is 2.18. The highest BCUT2D eigenvalue weighted by atomic mass is 32.2. The highest BCUT2D eigenvalue weighted by molar-refractivity contribution is 7.99. The highest BCUT2D eigenvalue weighted by Crippen LogP contribution is 2.27. The monoisotopic (exact) mass is 402 g/mol. The van der Waals surface area contributed by atoms with Crippen LogP contribution in [0.3, 0.4) is 0 Å². The number of nitrogens with zero attached hydrogens (tertiary/aromatic N) is 6. The third kappa shape index (κ3) is 3.48. The van der Waals surface area contributed by atoms with Crippen molar-refractivity contribution in [2.75, 3.05) is 5.75 Å². The van der Waals surface area contributed by atoms with Gasteiger partial charge in [-0.15, -0.1) is 10.2 Å². The van der Waals surface area contributed by atoms with Crippen LogP contribution in [0.5, 0.6) is 0 Å². The summed E-state index contributed by atoms with van der Waals surface area (Å²) in [5.41, 5.74) is 2.77. The van der Waals surface area contributed by atoms with Gasteiger partial charge in [-0.3, -0.25) is 4.57 Å². The van der Waals surface area contributed by atoms with Gasteiger partial charge in [0.25, 0.3) is 0 Å². The first kappa shape index (κ1) is 18.8. The van der Waals surface area contributed by atoms with Crippen LogP contribution in [0.4, 0.5) is 0 Å². The molecule has 0 fully saturated rings. The molecular formula is C21H18N6OS. The van der Waals surface area contributed by atoms with E-state index >= 15 is 0 Å². The van der Waals surface area contributed by atoms with Gasteiger partial charge in [0.05, 0.1) is 16.8 Å². The van der Waals surface area contributed by atoms with Crippen molar-refractivity contribution in [3.63, 3.8) is 0 Å². The van der Waals surface area contributed by atoms with Crippen LogP contribution in [-0.4, -0.2) is 35.2 Å². The first-order valence-electron chi connectivity index (χ1n) is 8.94. The summed E-state index contributed by atoms with van der Waals surface area (Å²) in [6, 6.07) is 19.5. The Hall–Kier alpha value is -3.57. The lowest BCUT2D eigenvalue weighted by atomic mass is 10.2. The molecule has 0 aliphatic heterocycles. The van der Waals surface area contributed by atoms with Crippen LogP contribution in [0, 0.1) is 18.3 Å². The van der Waals surface area contributed by atoms with Crippen LogP contribution in [0.15, 0.2) is 65.5 Å². The number of nitriles is 1. The number of allylic oxidation sites excluding steroid dienone is 1. The van der Waals surface area contributed by atoms with Gasteiger partial charge in [0.2, 0.25) is 0 Å². The molecule has 0 atom stereocenters. The molecule has 0 saturated heterocycles. The maximum absolute atomic E-state index is 10.7. The van der Waals surface area contributed by atoms with Gasteiger partial charge in [-0.1, -0.05) is 42.1 Å². The second kappa shape index (κ2) is 7.81. The average Bonchev–Trinajstić information content (AvgIpc) is 3.28. The van der Waals surface area contributed by atoms with E-state index in [0.29, 0.717) is 11.0 Å². The van der Waals surface area contributed by atoms with Crippen molar-refractivity contribution >= 4 is 28.4 Å². The van der Waals surface area contributed by atoms with Gasteiger partial charge in [-0.05, 0) is 31.2 Å². The smallest absolute Gasteiger partial charge is 0.196 e. The molecule has 8 heteroatoms. The number of rotatable bonds is 5. The lowest BCUT2D eigenvalue weighted by Crippen LogP contribution is -2.02. The minimum absolute atomic E-state index is 0.0452. The van der Waals surface area contributed by atoms with Crippen molar-refractivity contribution in [3.8, 4) is 11.8 Å². The molecule has 29 heavy (non-hydrogen) atoms. The van der Waals surface area contributed by atoms with Crippen LogP contribution in [-0.2, 0) is 7.05 Å². The Morgan fingerprint density at radius 3 is 2.55 bits per heavy atom. The lowest BCUT2D eigenvalue weighted by molar-refractivity contribution is 0.420. The van der Waals surface area contributed by atoms with Crippen LogP contribution in [0.25, 0.3) is 22.3 Å². The Morgan fingerprint density at radius 2 is 1.83 bits per heavy atom. The average molecular weight is 402 g/mol. The van der Waals surface area contributed by atoms with E-state index in [1.54, 1.807) is 0 Å². The van der Waals surface area contributed by atoms with Crippen molar-refractivity contribution in [1.29, 1.82) is 5.26 Å². The summed E-state index contributed by atoms with van der Waals surface area (Å²) in [5, 5.41) is 29.3. The Labute approximate surface area is 172 Å². The van der Waals surface area contributed by atoms with Crippen molar-refractivity contribution in [1.82, 2.24) is 24.3 Å². The normalized spacial score (nSPS) is 12.0. The van der Waals surface area contributed by atoms with Gasteiger partial charge >= 0.3 is 0 Å². The molecule has 0 radical (unpaired) electrons. The molecule has 0 saturated carbocycles. The molecule has 0 aliphatic carbocycles. The van der Waals surface area contributed by atoms with Crippen LogP contribution < -0.4 is 0 Å². The summed E-state index contributed by atoms with van der Waals surface area (Å²) in [6.45, 7) is 1.87. The van der Waals surface area contributed by atoms with E-state index < -0.39 is 0 Å². The Balaban J connectivity index is 1.65. The SMILES string of the molecule is Cc1nnc(SC/C(O)=C(\C#N)c2nc3ccccc3n2C)n1-c1ccccc1. The number of aliphatic hydroxyl groups excluding tert-OH is 1. The van der Waals surface area contributed by atoms with Gasteiger partial charge in [0, 0.05) is 12.7 Å². The number of hydrogen-bond donors (Lipinski definition) is 1. The van der Waals surface area contributed by atoms with Gasteiger partial charge < -0.3 is 9.67 Å². The second-order valence-electron chi connectivity index (χ2n) is 6.41. The number of aliphatic hydroxyl groups is 1. The zero-order valence-electron chi connectivity index (χ0n) is 15.9. The van der Waals surface area contributed by atoms with E-state index in [9.17, 15) is 10.4 Å². The molecule has 0 spiro atoms. The largest absolute Gasteiger partial charge is 0.510 e. The number of imidazole rings is 1. The third-order valence-electron chi connectivity index (χ3n) is 4.56. The minimum atomic E-state index is -0.0452. The molecule has 2 aromatic heterocycles. The summed E-state index contributed by atoms with van der Waals surface area (Å²) in [4.78, 5) is 4.51. The zero-order valence-corrected chi connectivity index (χ0v) is 16.8. The fourth-order valence-corrected chi connectivity index (χ4v) is 4.00. The van der Waals surface area contributed by atoms with Gasteiger partial charge in [0.15, 0.2) is 11.0 Å². The predicted molar refractivity (Wildman–Crippen MR) is 113 cm³/mol. The molecule has 1 N–H and O–H groups in total. The number of thioether (sulfide) groups is 1. The van der Waals surface area contributed by atoms with E-state index in [0.717, 1.165) is 22.5 Å². The lowest BCUT2D eigenvalue weighted by Gasteiger charge is -2.08. The number of hydrogen-bond acceptors (Lipinski definition) is 6. The number of benzene rings is 2. The Morgan fingerprint density at radius 1 is 1.10 bits per heavy atom. The van der Waals surface area contributed by atoms with E-state index in [2.05, 4.69) is 21.3 Å². The van der Waals surface area contributed by atoms with E-state index in [-0.39, 0.29) is 17.1 Å². The number of para-hydroxylation sites is 3. The van der Waals surface area contributed by atoms with Crippen molar-refractivity contribution in [2.24, 2.45) is 7.05 Å². The fourth-order valence-electron chi connectivity index (χ4n) is 3.13. The minimum Gasteiger partial charge on any atom is -0.510 e. The van der Waals surface area contributed by atoms with Gasteiger partial charge in [0.1, 0.15) is 23.2 Å². The topological polar surface area (TPSA) is 92.6 Å². The van der Waals surface area contributed by atoms with Gasteiger partial charge in [-0.2, -0.15) is 5.26 Å². The first-order valence-corrected chi connectivity index (χ1v) is 9.93. The predicted octanol–water partition coefficient (Wildman–Crippen LogP) is 4.05. The van der Waals surface area contributed by atoms with Crippen molar-refractivity contribution in [3.05, 3.63) is 72.0 Å².